The van der Waals surface area contributed by atoms with Gasteiger partial charge in [0.05, 0.1) is 18.0 Å². The average Bonchev–Trinajstić information content (AvgIpc) is 3.25. The zero-order chi connectivity index (χ0) is 20.5. The average molecular weight is 401 g/mol. The highest BCUT2D eigenvalue weighted by atomic mass is 16.5. The number of carbonyl (C=O) groups is 1. The molecule has 0 saturated carbocycles. The van der Waals surface area contributed by atoms with Gasteiger partial charge in [-0.05, 0) is 31.9 Å². The number of piperidine rings is 1. The van der Waals surface area contributed by atoms with Gasteiger partial charge in [-0.1, -0.05) is 42.5 Å². The second-order valence-corrected chi connectivity index (χ2v) is 7.51. The molecule has 0 aliphatic carbocycles. The highest BCUT2D eigenvalue weighted by molar-refractivity contribution is 5.93. The molecule has 2 aromatic heterocycles. The molecule has 0 radical (unpaired) electrons. The van der Waals surface area contributed by atoms with Crippen molar-refractivity contribution in [1.29, 1.82) is 0 Å². The maximum atomic E-state index is 12.4. The number of carbonyl (C=O) groups excluding carboxylic acids is 1. The Morgan fingerprint density at radius 2 is 1.90 bits per heavy atom. The van der Waals surface area contributed by atoms with E-state index in [0.717, 1.165) is 53.3 Å². The van der Waals surface area contributed by atoms with Crippen molar-refractivity contribution in [1.82, 2.24) is 19.6 Å². The van der Waals surface area contributed by atoms with Crippen LogP contribution in [0.3, 0.4) is 0 Å². The van der Waals surface area contributed by atoms with Crippen molar-refractivity contribution in [3.8, 4) is 11.4 Å². The molecule has 1 saturated heterocycles. The molecule has 152 valence electrons. The number of fused-ring (bicyclic) bond motifs is 3. The van der Waals surface area contributed by atoms with Crippen LogP contribution in [0.2, 0.25) is 0 Å². The topological polar surface area (TPSA) is 72.6 Å². The van der Waals surface area contributed by atoms with Gasteiger partial charge in [0, 0.05) is 24.0 Å². The smallest absolute Gasteiger partial charge is 0.310 e. The van der Waals surface area contributed by atoms with Crippen LogP contribution in [0.25, 0.3) is 27.9 Å². The molecule has 1 atom stereocenters. The van der Waals surface area contributed by atoms with Gasteiger partial charge in [0.25, 0.3) is 0 Å². The number of hydrogen-bond acceptors (Lipinski definition) is 6. The van der Waals surface area contributed by atoms with Crippen LogP contribution in [-0.4, -0.2) is 45.2 Å². The van der Waals surface area contributed by atoms with Gasteiger partial charge < -0.3 is 9.64 Å². The number of para-hydroxylation sites is 1. The van der Waals surface area contributed by atoms with Crippen LogP contribution in [0.15, 0.2) is 54.6 Å². The first-order valence-electron chi connectivity index (χ1n) is 10.4. The fourth-order valence-corrected chi connectivity index (χ4v) is 4.16. The number of ether oxygens (including phenoxy) is 1. The largest absolute Gasteiger partial charge is 0.466 e. The summed E-state index contributed by atoms with van der Waals surface area (Å²) >= 11 is 0. The molecule has 3 heterocycles. The highest BCUT2D eigenvalue weighted by Gasteiger charge is 2.30. The van der Waals surface area contributed by atoms with Crippen molar-refractivity contribution in [2.75, 3.05) is 24.6 Å². The van der Waals surface area contributed by atoms with E-state index in [9.17, 15) is 4.79 Å². The summed E-state index contributed by atoms with van der Waals surface area (Å²) in [4.78, 5) is 19.5. The summed E-state index contributed by atoms with van der Waals surface area (Å²) in [6, 6.07) is 18.0. The van der Waals surface area contributed by atoms with Gasteiger partial charge in [-0.15, -0.1) is 10.2 Å². The maximum absolute atomic E-state index is 12.4. The fraction of sp³-hybridized carbons (Fsp3) is 0.304. The molecule has 7 heteroatoms. The third kappa shape index (κ3) is 3.16. The number of rotatable bonds is 4. The summed E-state index contributed by atoms with van der Waals surface area (Å²) in [5.74, 6) is 1.23. The first-order valence-corrected chi connectivity index (χ1v) is 10.4. The monoisotopic (exact) mass is 401 g/mol. The Hall–Kier alpha value is -3.48. The van der Waals surface area contributed by atoms with Gasteiger partial charge in [0.1, 0.15) is 0 Å². The molecule has 0 bridgehead atoms. The van der Waals surface area contributed by atoms with Crippen molar-refractivity contribution in [3.05, 3.63) is 54.6 Å². The molecular formula is C23H23N5O2. The Kier molecular flexibility index (Phi) is 4.78. The quantitative estimate of drug-likeness (QED) is 0.485. The summed E-state index contributed by atoms with van der Waals surface area (Å²) in [6.45, 7) is 3.64. The van der Waals surface area contributed by atoms with Crippen molar-refractivity contribution in [3.63, 3.8) is 0 Å². The van der Waals surface area contributed by atoms with Crippen LogP contribution in [0.4, 0.5) is 5.95 Å². The zero-order valence-corrected chi connectivity index (χ0v) is 16.9. The van der Waals surface area contributed by atoms with Crippen LogP contribution in [0, 0.1) is 5.92 Å². The molecule has 1 aliphatic rings. The summed E-state index contributed by atoms with van der Waals surface area (Å²) < 4.78 is 7.30. The summed E-state index contributed by atoms with van der Waals surface area (Å²) in [5.41, 5.74) is 2.61. The van der Waals surface area contributed by atoms with E-state index in [1.54, 1.807) is 0 Å². The fourth-order valence-electron chi connectivity index (χ4n) is 4.16. The molecule has 0 N–H and O–H groups in total. The van der Waals surface area contributed by atoms with Crippen LogP contribution < -0.4 is 4.90 Å². The molecule has 0 amide bonds. The maximum Gasteiger partial charge on any atom is 0.310 e. The lowest BCUT2D eigenvalue weighted by Gasteiger charge is -2.32. The third-order valence-corrected chi connectivity index (χ3v) is 5.58. The summed E-state index contributed by atoms with van der Waals surface area (Å²) in [6.07, 6.45) is 1.74. The molecule has 30 heavy (non-hydrogen) atoms. The summed E-state index contributed by atoms with van der Waals surface area (Å²) in [7, 11) is 0. The van der Waals surface area contributed by atoms with Crippen molar-refractivity contribution in [2.24, 2.45) is 5.92 Å². The molecule has 0 spiro atoms. The lowest BCUT2D eigenvalue weighted by Crippen LogP contribution is -2.40. The number of aromatic nitrogens is 4. The molecule has 5 rings (SSSR count). The van der Waals surface area contributed by atoms with Gasteiger partial charge in [-0.2, -0.15) is 0 Å². The predicted octanol–water partition coefficient (Wildman–Crippen LogP) is 3.72. The van der Waals surface area contributed by atoms with E-state index >= 15 is 0 Å². The molecule has 1 aliphatic heterocycles. The van der Waals surface area contributed by atoms with E-state index < -0.39 is 0 Å². The van der Waals surface area contributed by atoms with Crippen molar-refractivity contribution in [2.45, 2.75) is 19.8 Å². The van der Waals surface area contributed by atoms with Crippen molar-refractivity contribution >= 4 is 28.5 Å². The van der Waals surface area contributed by atoms with Crippen LogP contribution >= 0.6 is 0 Å². The van der Waals surface area contributed by atoms with Gasteiger partial charge in [0.15, 0.2) is 11.5 Å². The zero-order valence-electron chi connectivity index (χ0n) is 16.9. The summed E-state index contributed by atoms with van der Waals surface area (Å²) in [5, 5.41) is 9.98. The third-order valence-electron chi connectivity index (χ3n) is 5.58. The molecular weight excluding hydrogens is 378 g/mol. The van der Waals surface area contributed by atoms with E-state index in [1.807, 2.05) is 65.9 Å². The Bertz CT molecular complexity index is 1200. The van der Waals surface area contributed by atoms with Gasteiger partial charge in [0.2, 0.25) is 5.95 Å². The Balaban J connectivity index is 1.68. The van der Waals surface area contributed by atoms with E-state index in [1.165, 1.54) is 0 Å². The van der Waals surface area contributed by atoms with Crippen LogP contribution in [0.5, 0.6) is 0 Å². The first-order chi connectivity index (χ1) is 14.8. The van der Waals surface area contributed by atoms with Gasteiger partial charge >= 0.3 is 5.97 Å². The van der Waals surface area contributed by atoms with Crippen molar-refractivity contribution < 1.29 is 9.53 Å². The van der Waals surface area contributed by atoms with E-state index in [0.29, 0.717) is 13.2 Å². The highest BCUT2D eigenvalue weighted by Crippen LogP contribution is 2.30. The second kappa shape index (κ2) is 7.74. The minimum absolute atomic E-state index is 0.133. The Morgan fingerprint density at radius 1 is 1.10 bits per heavy atom. The number of anilines is 1. The normalized spacial score (nSPS) is 16.8. The Morgan fingerprint density at radius 3 is 2.73 bits per heavy atom. The Labute approximate surface area is 174 Å². The standard InChI is InChI=1S/C23H23N5O2/c1-2-30-22(29)17-11-8-14-27(15-17)23-24-19-13-7-6-12-18(19)21-26-25-20(28(21)23)16-9-4-3-5-10-16/h3-7,9-10,12-13,17H,2,8,11,14-15H2,1H3/t17-/m0/s1. The van der Waals surface area contributed by atoms with Gasteiger partial charge in [-0.25, -0.2) is 9.38 Å². The number of esters is 1. The van der Waals surface area contributed by atoms with Crippen LogP contribution in [-0.2, 0) is 9.53 Å². The number of hydrogen-bond donors (Lipinski definition) is 0. The number of benzene rings is 2. The van der Waals surface area contributed by atoms with E-state index in [4.69, 9.17) is 9.72 Å². The van der Waals surface area contributed by atoms with E-state index in [2.05, 4.69) is 15.1 Å². The minimum atomic E-state index is -0.154. The SMILES string of the molecule is CCOC(=O)[C@H]1CCCN(c2nc3ccccc3c3nnc(-c4ccccc4)n23)C1. The molecule has 7 nitrogen and oxygen atoms in total. The second-order valence-electron chi connectivity index (χ2n) is 7.51. The van der Waals surface area contributed by atoms with Crippen LogP contribution in [0.1, 0.15) is 19.8 Å². The molecule has 2 aromatic carbocycles. The first kappa shape index (κ1) is 18.5. The minimum Gasteiger partial charge on any atom is -0.466 e. The van der Waals surface area contributed by atoms with E-state index in [-0.39, 0.29) is 11.9 Å². The van der Waals surface area contributed by atoms with Gasteiger partial charge in [-0.3, -0.25) is 4.79 Å². The lowest BCUT2D eigenvalue weighted by atomic mass is 9.98. The lowest BCUT2D eigenvalue weighted by molar-refractivity contribution is -0.148. The predicted molar refractivity (Wildman–Crippen MR) is 115 cm³/mol. The molecule has 1 fully saturated rings. The molecule has 0 unspecified atom stereocenters. The number of nitrogens with zero attached hydrogens (tertiary/aromatic N) is 5. The molecule has 4 aromatic rings.